The van der Waals surface area contributed by atoms with Crippen LogP contribution in [-0.2, 0) is 9.47 Å². The topological polar surface area (TPSA) is 44.2 Å². The number of fused-ring (bicyclic) bond motifs is 1. The molecule has 0 saturated carbocycles. The molecule has 3 aromatic rings. The molecule has 0 bridgehead atoms. The molecule has 118 valence electrons. The number of hydrogen-bond acceptors (Lipinski definition) is 4. The molecular weight excluding hydrogens is 288 g/mol. The van der Waals surface area contributed by atoms with E-state index in [0.717, 1.165) is 22.3 Å². The molecule has 0 aliphatic heterocycles. The molecular formula is C19H20N2O2. The number of hydrogen-bond donors (Lipinski definition) is 0. The van der Waals surface area contributed by atoms with Gasteiger partial charge in [0.2, 0.25) is 6.29 Å². The lowest BCUT2D eigenvalue weighted by molar-refractivity contribution is -0.108. The highest BCUT2D eigenvalue weighted by molar-refractivity contribution is 5.80. The van der Waals surface area contributed by atoms with E-state index in [2.05, 4.69) is 26.0 Å². The van der Waals surface area contributed by atoms with Crippen molar-refractivity contribution in [3.05, 3.63) is 59.3 Å². The molecule has 23 heavy (non-hydrogen) atoms. The maximum Gasteiger partial charge on any atom is 0.202 e. The van der Waals surface area contributed by atoms with Crippen molar-refractivity contribution in [1.29, 1.82) is 0 Å². The quantitative estimate of drug-likeness (QED) is 0.677. The molecule has 0 amide bonds. The normalized spacial score (nSPS) is 11.3. The van der Waals surface area contributed by atoms with Crippen LogP contribution in [0.4, 0.5) is 0 Å². The Hall–Kier alpha value is -2.30. The van der Waals surface area contributed by atoms with Crippen molar-refractivity contribution >= 4 is 11.0 Å². The predicted octanol–water partition coefficient (Wildman–Crippen LogP) is 4.21. The average molecular weight is 308 g/mol. The first-order valence-electron chi connectivity index (χ1n) is 7.54. The minimum atomic E-state index is -0.552. The molecule has 0 atom stereocenters. The Kier molecular flexibility index (Phi) is 4.37. The highest BCUT2D eigenvalue weighted by Crippen LogP contribution is 2.30. The van der Waals surface area contributed by atoms with E-state index in [1.165, 1.54) is 11.1 Å². The third kappa shape index (κ3) is 2.96. The van der Waals surface area contributed by atoms with Crippen LogP contribution in [0.15, 0.2) is 42.5 Å². The highest BCUT2D eigenvalue weighted by Gasteiger charge is 2.20. The van der Waals surface area contributed by atoms with Crippen LogP contribution < -0.4 is 0 Å². The van der Waals surface area contributed by atoms with Crippen LogP contribution in [0.3, 0.4) is 0 Å². The van der Waals surface area contributed by atoms with Crippen molar-refractivity contribution in [3.63, 3.8) is 0 Å². The Bertz CT molecular complexity index is 828. The Labute approximate surface area is 136 Å². The van der Waals surface area contributed by atoms with Crippen molar-refractivity contribution in [3.8, 4) is 11.3 Å². The maximum atomic E-state index is 5.43. The SMILES string of the molecule is COC(OC)c1nc2cc(C)c(C)cc2nc1-c1ccccc1. The monoisotopic (exact) mass is 308 g/mol. The zero-order valence-electron chi connectivity index (χ0n) is 13.8. The summed E-state index contributed by atoms with van der Waals surface area (Å²) >= 11 is 0. The van der Waals surface area contributed by atoms with Crippen molar-refractivity contribution in [2.45, 2.75) is 20.1 Å². The molecule has 0 aliphatic rings. The van der Waals surface area contributed by atoms with Gasteiger partial charge in [0.05, 0.1) is 16.7 Å². The summed E-state index contributed by atoms with van der Waals surface area (Å²) in [6.07, 6.45) is -0.552. The molecule has 0 spiro atoms. The molecule has 1 heterocycles. The molecule has 0 radical (unpaired) electrons. The third-order valence-electron chi connectivity index (χ3n) is 4.01. The first kappa shape index (κ1) is 15.6. The second-order valence-corrected chi connectivity index (χ2v) is 5.55. The lowest BCUT2D eigenvalue weighted by Crippen LogP contribution is -2.10. The van der Waals surface area contributed by atoms with Crippen LogP contribution in [0.25, 0.3) is 22.3 Å². The number of benzene rings is 2. The molecule has 3 rings (SSSR count). The molecule has 4 heteroatoms. The molecule has 0 unspecified atom stereocenters. The summed E-state index contributed by atoms with van der Waals surface area (Å²) in [5, 5.41) is 0. The van der Waals surface area contributed by atoms with Gasteiger partial charge in [-0.2, -0.15) is 0 Å². The lowest BCUT2D eigenvalue weighted by Gasteiger charge is -2.17. The van der Waals surface area contributed by atoms with Gasteiger partial charge in [-0.15, -0.1) is 0 Å². The van der Waals surface area contributed by atoms with E-state index in [1.54, 1.807) is 14.2 Å². The van der Waals surface area contributed by atoms with Crippen LogP contribution >= 0.6 is 0 Å². The summed E-state index contributed by atoms with van der Waals surface area (Å²) in [7, 11) is 3.21. The zero-order chi connectivity index (χ0) is 16.4. The van der Waals surface area contributed by atoms with Crippen LogP contribution in [0.1, 0.15) is 23.1 Å². The second-order valence-electron chi connectivity index (χ2n) is 5.55. The molecule has 0 saturated heterocycles. The molecule has 4 nitrogen and oxygen atoms in total. The van der Waals surface area contributed by atoms with E-state index in [4.69, 9.17) is 19.4 Å². The van der Waals surface area contributed by atoms with Crippen LogP contribution in [0.2, 0.25) is 0 Å². The number of rotatable bonds is 4. The van der Waals surface area contributed by atoms with Gasteiger partial charge in [0.1, 0.15) is 5.69 Å². The van der Waals surface area contributed by atoms with Gasteiger partial charge >= 0.3 is 0 Å². The van der Waals surface area contributed by atoms with Crippen molar-refractivity contribution in [1.82, 2.24) is 9.97 Å². The van der Waals surface area contributed by atoms with E-state index in [1.807, 2.05) is 30.3 Å². The minimum absolute atomic E-state index is 0.552. The fraction of sp³-hybridized carbons (Fsp3) is 0.263. The van der Waals surface area contributed by atoms with Crippen LogP contribution in [-0.4, -0.2) is 24.2 Å². The summed E-state index contributed by atoms with van der Waals surface area (Å²) < 4.78 is 10.9. The Morgan fingerprint density at radius 1 is 0.826 bits per heavy atom. The first-order chi connectivity index (χ1) is 11.1. The molecule has 0 N–H and O–H groups in total. The van der Waals surface area contributed by atoms with Crippen LogP contribution in [0, 0.1) is 13.8 Å². The van der Waals surface area contributed by atoms with E-state index >= 15 is 0 Å². The molecule has 0 fully saturated rings. The van der Waals surface area contributed by atoms with Gasteiger partial charge in [-0.25, -0.2) is 9.97 Å². The van der Waals surface area contributed by atoms with Crippen LogP contribution in [0.5, 0.6) is 0 Å². The van der Waals surface area contributed by atoms with E-state index in [9.17, 15) is 0 Å². The van der Waals surface area contributed by atoms with Gasteiger partial charge < -0.3 is 9.47 Å². The summed E-state index contributed by atoms with van der Waals surface area (Å²) in [6.45, 7) is 4.16. The fourth-order valence-electron chi connectivity index (χ4n) is 2.62. The maximum absolute atomic E-state index is 5.43. The zero-order valence-corrected chi connectivity index (χ0v) is 13.8. The minimum Gasteiger partial charge on any atom is -0.350 e. The van der Waals surface area contributed by atoms with Crippen molar-refractivity contribution in [2.24, 2.45) is 0 Å². The lowest BCUT2D eigenvalue weighted by atomic mass is 10.1. The van der Waals surface area contributed by atoms with E-state index < -0.39 is 6.29 Å². The molecule has 2 aromatic carbocycles. The largest absolute Gasteiger partial charge is 0.350 e. The standard InChI is InChI=1S/C19H20N2O2/c1-12-10-15-16(11-13(12)2)21-18(19(22-3)23-4)17(20-15)14-8-6-5-7-9-14/h5-11,19H,1-4H3. The number of aryl methyl sites for hydroxylation is 2. The summed E-state index contributed by atoms with van der Waals surface area (Å²) in [6, 6.07) is 14.1. The summed E-state index contributed by atoms with van der Waals surface area (Å²) in [5.41, 5.74) is 6.59. The van der Waals surface area contributed by atoms with E-state index in [0.29, 0.717) is 5.69 Å². The van der Waals surface area contributed by atoms with Gasteiger partial charge in [0.25, 0.3) is 0 Å². The smallest absolute Gasteiger partial charge is 0.202 e. The number of methoxy groups -OCH3 is 2. The first-order valence-corrected chi connectivity index (χ1v) is 7.54. The van der Waals surface area contributed by atoms with Gasteiger partial charge in [-0.05, 0) is 37.1 Å². The van der Waals surface area contributed by atoms with Crippen molar-refractivity contribution < 1.29 is 9.47 Å². The fourth-order valence-corrected chi connectivity index (χ4v) is 2.62. The number of ether oxygens (including phenoxy) is 2. The Morgan fingerprint density at radius 3 is 1.96 bits per heavy atom. The highest BCUT2D eigenvalue weighted by atomic mass is 16.7. The van der Waals surface area contributed by atoms with Gasteiger partial charge in [0.15, 0.2) is 0 Å². The predicted molar refractivity (Wildman–Crippen MR) is 91.2 cm³/mol. The Balaban J connectivity index is 2.30. The third-order valence-corrected chi connectivity index (χ3v) is 4.01. The molecule has 0 aliphatic carbocycles. The Morgan fingerprint density at radius 2 is 1.39 bits per heavy atom. The average Bonchev–Trinajstić information content (AvgIpc) is 2.57. The summed E-state index contributed by atoms with van der Waals surface area (Å²) in [5.74, 6) is 0. The van der Waals surface area contributed by atoms with Crippen molar-refractivity contribution in [2.75, 3.05) is 14.2 Å². The van der Waals surface area contributed by atoms with Gasteiger partial charge in [-0.3, -0.25) is 0 Å². The number of nitrogens with zero attached hydrogens (tertiary/aromatic N) is 2. The van der Waals surface area contributed by atoms with Gasteiger partial charge in [0, 0.05) is 19.8 Å². The molecule has 1 aromatic heterocycles. The summed E-state index contributed by atoms with van der Waals surface area (Å²) in [4.78, 5) is 9.62. The van der Waals surface area contributed by atoms with Gasteiger partial charge in [-0.1, -0.05) is 30.3 Å². The van der Waals surface area contributed by atoms with E-state index in [-0.39, 0.29) is 0 Å². The number of aromatic nitrogens is 2. The second kappa shape index (κ2) is 6.44.